The van der Waals surface area contributed by atoms with Crippen LogP contribution in [0.4, 0.5) is 17.6 Å². The standard InChI is InChI=1S/C22H37N7OS/c1-18-7-3-6-11-29(18)20-17-19(28-9-4-2-5-10-28)24-21(25-20)26-22(31)23-8-12-27-13-15-30-16-14-27/h17-18H,2-16H2,1H3,(H2,23,24,25,26,31). The number of anilines is 3. The summed E-state index contributed by atoms with van der Waals surface area (Å²) in [6.07, 6.45) is 7.49. The van der Waals surface area contributed by atoms with Crippen LogP contribution < -0.4 is 20.4 Å². The first-order valence-corrected chi connectivity index (χ1v) is 12.4. The van der Waals surface area contributed by atoms with Gasteiger partial charge in [-0.25, -0.2) is 0 Å². The van der Waals surface area contributed by atoms with Crippen LogP contribution in [-0.4, -0.2) is 85.0 Å². The van der Waals surface area contributed by atoms with Crippen LogP contribution in [0.1, 0.15) is 45.4 Å². The van der Waals surface area contributed by atoms with Gasteiger partial charge in [0.2, 0.25) is 5.95 Å². The minimum absolute atomic E-state index is 0.504. The quantitative estimate of drug-likeness (QED) is 0.640. The summed E-state index contributed by atoms with van der Waals surface area (Å²) in [5.74, 6) is 2.63. The van der Waals surface area contributed by atoms with Crippen molar-refractivity contribution in [2.75, 3.05) is 74.1 Å². The highest BCUT2D eigenvalue weighted by Gasteiger charge is 2.23. The first kappa shape index (κ1) is 22.5. The zero-order valence-corrected chi connectivity index (χ0v) is 19.6. The fourth-order valence-electron chi connectivity index (χ4n) is 4.65. The van der Waals surface area contributed by atoms with Crippen LogP contribution in [0.2, 0.25) is 0 Å². The molecule has 0 amide bonds. The molecule has 0 radical (unpaired) electrons. The lowest BCUT2D eigenvalue weighted by Crippen LogP contribution is -2.42. The molecule has 0 aliphatic carbocycles. The molecule has 0 aromatic carbocycles. The van der Waals surface area contributed by atoms with E-state index in [1.807, 2.05) is 0 Å². The molecule has 3 aliphatic heterocycles. The van der Waals surface area contributed by atoms with Crippen molar-refractivity contribution in [3.05, 3.63) is 6.07 Å². The maximum atomic E-state index is 5.55. The fourth-order valence-corrected chi connectivity index (χ4v) is 4.84. The lowest BCUT2D eigenvalue weighted by molar-refractivity contribution is 0.0389. The minimum atomic E-state index is 0.504. The number of piperidine rings is 2. The van der Waals surface area contributed by atoms with Gasteiger partial charge in [0.1, 0.15) is 11.6 Å². The van der Waals surface area contributed by atoms with Crippen molar-refractivity contribution < 1.29 is 4.74 Å². The summed E-state index contributed by atoms with van der Waals surface area (Å²) >= 11 is 5.55. The number of nitrogens with zero attached hydrogens (tertiary/aromatic N) is 5. The van der Waals surface area contributed by atoms with Crippen LogP contribution in [0.25, 0.3) is 0 Å². The largest absolute Gasteiger partial charge is 0.379 e. The van der Waals surface area contributed by atoms with Crippen molar-refractivity contribution in [1.29, 1.82) is 0 Å². The monoisotopic (exact) mass is 447 g/mol. The van der Waals surface area contributed by atoms with Crippen LogP contribution >= 0.6 is 12.2 Å². The summed E-state index contributed by atoms with van der Waals surface area (Å²) in [5.41, 5.74) is 0. The summed E-state index contributed by atoms with van der Waals surface area (Å²) < 4.78 is 5.41. The van der Waals surface area contributed by atoms with Crippen molar-refractivity contribution >= 4 is 34.9 Å². The van der Waals surface area contributed by atoms with E-state index in [0.717, 1.165) is 70.7 Å². The first-order valence-electron chi connectivity index (χ1n) is 11.9. The van der Waals surface area contributed by atoms with Crippen LogP contribution in [-0.2, 0) is 4.74 Å². The van der Waals surface area contributed by atoms with Gasteiger partial charge in [0.15, 0.2) is 5.11 Å². The highest BCUT2D eigenvalue weighted by molar-refractivity contribution is 7.80. The molecule has 8 nitrogen and oxygen atoms in total. The lowest BCUT2D eigenvalue weighted by atomic mass is 10.0. The van der Waals surface area contributed by atoms with Crippen molar-refractivity contribution in [3.63, 3.8) is 0 Å². The summed E-state index contributed by atoms with van der Waals surface area (Å²) in [7, 11) is 0. The number of ether oxygens (including phenoxy) is 1. The molecule has 1 atom stereocenters. The van der Waals surface area contributed by atoms with E-state index in [1.54, 1.807) is 0 Å². The number of morpholine rings is 1. The van der Waals surface area contributed by atoms with E-state index in [2.05, 4.69) is 38.3 Å². The number of hydrogen-bond acceptors (Lipinski definition) is 7. The Labute approximate surface area is 191 Å². The molecule has 0 spiro atoms. The predicted molar refractivity (Wildman–Crippen MR) is 130 cm³/mol. The molecule has 3 aliphatic rings. The Balaban J connectivity index is 1.42. The predicted octanol–water partition coefficient (Wildman–Crippen LogP) is 2.46. The average molecular weight is 448 g/mol. The molecule has 3 fully saturated rings. The molecule has 31 heavy (non-hydrogen) atoms. The van der Waals surface area contributed by atoms with E-state index in [9.17, 15) is 0 Å². The highest BCUT2D eigenvalue weighted by Crippen LogP contribution is 2.28. The maximum absolute atomic E-state index is 5.55. The molecule has 9 heteroatoms. The highest BCUT2D eigenvalue weighted by atomic mass is 32.1. The molecule has 4 rings (SSSR count). The van der Waals surface area contributed by atoms with Gasteiger partial charge in [-0.15, -0.1) is 0 Å². The zero-order chi connectivity index (χ0) is 21.5. The second-order valence-electron chi connectivity index (χ2n) is 8.83. The Kier molecular flexibility index (Phi) is 8.15. The van der Waals surface area contributed by atoms with E-state index < -0.39 is 0 Å². The van der Waals surface area contributed by atoms with Crippen molar-refractivity contribution in [2.45, 2.75) is 51.5 Å². The van der Waals surface area contributed by atoms with E-state index in [0.29, 0.717) is 17.1 Å². The van der Waals surface area contributed by atoms with E-state index in [4.69, 9.17) is 26.9 Å². The number of hydrogen-bond donors (Lipinski definition) is 2. The third-order valence-electron chi connectivity index (χ3n) is 6.52. The summed E-state index contributed by atoms with van der Waals surface area (Å²) in [5, 5.41) is 7.16. The second-order valence-corrected chi connectivity index (χ2v) is 9.24. The van der Waals surface area contributed by atoms with Crippen molar-refractivity contribution in [3.8, 4) is 0 Å². The summed E-state index contributed by atoms with van der Waals surface area (Å²) in [6, 6.07) is 2.68. The summed E-state index contributed by atoms with van der Waals surface area (Å²) in [4.78, 5) is 16.9. The zero-order valence-electron chi connectivity index (χ0n) is 18.8. The number of thiocarbonyl (C=S) groups is 1. The Hall–Kier alpha value is -1.71. The van der Waals surface area contributed by atoms with E-state index in [-0.39, 0.29) is 0 Å². The Morgan fingerprint density at radius 1 is 1.03 bits per heavy atom. The molecule has 0 saturated carbocycles. The first-order chi connectivity index (χ1) is 15.2. The Morgan fingerprint density at radius 3 is 2.55 bits per heavy atom. The smallest absolute Gasteiger partial charge is 0.232 e. The van der Waals surface area contributed by atoms with Crippen molar-refractivity contribution in [2.24, 2.45) is 0 Å². The van der Waals surface area contributed by atoms with Gasteiger partial charge in [0.25, 0.3) is 0 Å². The second kappa shape index (κ2) is 11.2. The van der Waals surface area contributed by atoms with E-state index >= 15 is 0 Å². The van der Waals surface area contributed by atoms with Gasteiger partial charge >= 0.3 is 0 Å². The van der Waals surface area contributed by atoms with Crippen LogP contribution in [0, 0.1) is 0 Å². The van der Waals surface area contributed by atoms with Crippen LogP contribution in [0.3, 0.4) is 0 Å². The van der Waals surface area contributed by atoms with Gasteiger partial charge in [0.05, 0.1) is 13.2 Å². The van der Waals surface area contributed by atoms with Gasteiger partial charge < -0.3 is 25.2 Å². The number of nitrogens with one attached hydrogen (secondary N) is 2. The third kappa shape index (κ3) is 6.40. The van der Waals surface area contributed by atoms with Gasteiger partial charge in [0, 0.05) is 57.9 Å². The molecule has 0 bridgehead atoms. The molecule has 172 valence electrons. The molecule has 1 unspecified atom stereocenters. The topological polar surface area (TPSA) is 68.8 Å². The third-order valence-corrected chi connectivity index (χ3v) is 6.77. The molecule has 2 N–H and O–H groups in total. The van der Waals surface area contributed by atoms with Gasteiger partial charge in [-0.2, -0.15) is 9.97 Å². The van der Waals surface area contributed by atoms with Crippen LogP contribution in [0.15, 0.2) is 6.07 Å². The van der Waals surface area contributed by atoms with Crippen molar-refractivity contribution in [1.82, 2.24) is 20.2 Å². The van der Waals surface area contributed by atoms with Gasteiger partial charge in [-0.05, 0) is 57.7 Å². The maximum Gasteiger partial charge on any atom is 0.232 e. The fraction of sp³-hybridized carbons (Fsp3) is 0.773. The average Bonchev–Trinajstić information content (AvgIpc) is 2.80. The molecule has 1 aromatic rings. The molecular weight excluding hydrogens is 410 g/mol. The Morgan fingerprint density at radius 2 is 1.77 bits per heavy atom. The van der Waals surface area contributed by atoms with E-state index in [1.165, 1.54) is 38.5 Å². The molecular formula is C22H37N7OS. The Bertz CT molecular complexity index is 722. The van der Waals surface area contributed by atoms with Gasteiger partial charge in [-0.1, -0.05) is 0 Å². The number of aromatic nitrogens is 2. The molecule has 1 aromatic heterocycles. The lowest BCUT2D eigenvalue weighted by Gasteiger charge is -2.35. The minimum Gasteiger partial charge on any atom is -0.379 e. The SMILES string of the molecule is CC1CCCCN1c1cc(N2CCCCC2)nc(NC(=S)NCCN2CCOCC2)n1. The van der Waals surface area contributed by atoms with Crippen LogP contribution in [0.5, 0.6) is 0 Å². The normalized spacial score (nSPS) is 22.9. The number of rotatable bonds is 6. The summed E-state index contributed by atoms with van der Waals surface area (Å²) in [6.45, 7) is 10.8. The molecule has 3 saturated heterocycles. The van der Waals surface area contributed by atoms with Gasteiger partial charge in [-0.3, -0.25) is 4.90 Å². The molecule has 4 heterocycles.